The first-order valence-electron chi connectivity index (χ1n) is 7.08. The zero-order valence-corrected chi connectivity index (χ0v) is 12.2. The van der Waals surface area contributed by atoms with Crippen LogP contribution in [0.3, 0.4) is 0 Å². The molecule has 4 heteroatoms. The largest absolute Gasteiger partial charge is 0.503 e. The molecule has 0 fully saturated rings. The van der Waals surface area contributed by atoms with Crippen molar-refractivity contribution in [3.05, 3.63) is 83.9 Å². The highest BCUT2D eigenvalue weighted by molar-refractivity contribution is 5.65. The van der Waals surface area contributed by atoms with Gasteiger partial charge in [-0.3, -0.25) is 0 Å². The van der Waals surface area contributed by atoms with Crippen molar-refractivity contribution in [1.82, 2.24) is 0 Å². The summed E-state index contributed by atoms with van der Waals surface area (Å²) in [6, 6.07) is 18.8. The van der Waals surface area contributed by atoms with Crippen molar-refractivity contribution in [2.45, 2.75) is 6.61 Å². The first-order chi connectivity index (χ1) is 11.1. The molecular weight excluding hydrogens is 298 g/mol. The zero-order chi connectivity index (χ0) is 16.2. The number of halogens is 2. The van der Waals surface area contributed by atoms with Crippen LogP contribution in [0.25, 0.3) is 11.1 Å². The van der Waals surface area contributed by atoms with Gasteiger partial charge in [-0.2, -0.15) is 0 Å². The van der Waals surface area contributed by atoms with Gasteiger partial charge in [-0.1, -0.05) is 36.4 Å². The van der Waals surface area contributed by atoms with E-state index in [0.717, 1.165) is 23.4 Å². The fourth-order valence-corrected chi connectivity index (χ4v) is 2.26. The number of rotatable bonds is 4. The molecule has 0 spiro atoms. The smallest absolute Gasteiger partial charge is 0.187 e. The third-order valence-electron chi connectivity index (χ3n) is 3.43. The molecule has 3 rings (SSSR count). The van der Waals surface area contributed by atoms with Crippen LogP contribution in [0.1, 0.15) is 5.56 Å². The van der Waals surface area contributed by atoms with Crippen LogP contribution in [0, 0.1) is 11.6 Å². The highest BCUT2D eigenvalue weighted by Crippen LogP contribution is 2.28. The average molecular weight is 312 g/mol. The van der Waals surface area contributed by atoms with Crippen LogP contribution in [0.5, 0.6) is 11.5 Å². The molecule has 3 aromatic rings. The number of ether oxygens (including phenoxy) is 1. The number of benzene rings is 3. The van der Waals surface area contributed by atoms with Crippen LogP contribution in [0.4, 0.5) is 8.78 Å². The van der Waals surface area contributed by atoms with Gasteiger partial charge in [0.2, 0.25) is 0 Å². The summed E-state index contributed by atoms with van der Waals surface area (Å²) in [4.78, 5) is 0. The van der Waals surface area contributed by atoms with E-state index in [1.807, 2.05) is 36.4 Å². The Kier molecular flexibility index (Phi) is 4.24. The van der Waals surface area contributed by atoms with E-state index in [2.05, 4.69) is 0 Å². The maximum Gasteiger partial charge on any atom is 0.187 e. The number of phenols is 1. The van der Waals surface area contributed by atoms with Crippen molar-refractivity contribution in [2.75, 3.05) is 0 Å². The lowest BCUT2D eigenvalue weighted by molar-refractivity contribution is 0.306. The lowest BCUT2D eigenvalue weighted by atomic mass is 10.0. The summed E-state index contributed by atoms with van der Waals surface area (Å²) in [5.41, 5.74) is 1.89. The molecule has 0 bridgehead atoms. The molecule has 116 valence electrons. The minimum Gasteiger partial charge on any atom is -0.503 e. The lowest BCUT2D eigenvalue weighted by Gasteiger charge is -2.09. The van der Waals surface area contributed by atoms with Crippen molar-refractivity contribution in [1.29, 1.82) is 0 Å². The molecule has 0 aliphatic carbocycles. The molecule has 3 aromatic carbocycles. The Morgan fingerprint density at radius 3 is 2.17 bits per heavy atom. The Hall–Kier alpha value is -2.88. The second-order valence-corrected chi connectivity index (χ2v) is 5.09. The molecule has 0 unspecified atom stereocenters. The van der Waals surface area contributed by atoms with Crippen molar-refractivity contribution in [3.63, 3.8) is 0 Å². The first-order valence-corrected chi connectivity index (χ1v) is 7.08. The number of phenolic OH excluding ortho intramolecular Hbond substituents is 1. The molecule has 0 heterocycles. The summed E-state index contributed by atoms with van der Waals surface area (Å²) in [6.45, 7) is 0.348. The number of hydrogen-bond donors (Lipinski definition) is 1. The Bertz CT molecular complexity index is 794. The minimum absolute atomic E-state index is 0.348. The normalized spacial score (nSPS) is 10.5. The van der Waals surface area contributed by atoms with E-state index in [9.17, 15) is 13.9 Å². The molecular formula is C19H14F2O2. The molecule has 0 saturated heterocycles. The Labute approximate surface area is 132 Å². The second kappa shape index (κ2) is 6.48. The molecule has 0 aromatic heterocycles. The fourth-order valence-electron chi connectivity index (χ4n) is 2.26. The van der Waals surface area contributed by atoms with E-state index >= 15 is 0 Å². The van der Waals surface area contributed by atoms with Gasteiger partial charge in [0.1, 0.15) is 12.4 Å². The molecule has 0 atom stereocenters. The van der Waals surface area contributed by atoms with Gasteiger partial charge in [0.15, 0.2) is 17.4 Å². The predicted octanol–water partition coefficient (Wildman–Crippen LogP) is 4.92. The molecule has 1 N–H and O–H groups in total. The standard InChI is InChI=1S/C19H14F2O2/c20-17-10-15(11-18(21)19(17)22)14-6-4-5-13(9-14)12-23-16-7-2-1-3-8-16/h1-11,22H,12H2. The third kappa shape index (κ3) is 3.48. The summed E-state index contributed by atoms with van der Waals surface area (Å²) in [7, 11) is 0. The maximum absolute atomic E-state index is 13.5. The number of hydrogen-bond acceptors (Lipinski definition) is 2. The van der Waals surface area contributed by atoms with Gasteiger partial charge < -0.3 is 9.84 Å². The molecule has 0 saturated carbocycles. The van der Waals surface area contributed by atoms with Gasteiger partial charge in [0.05, 0.1) is 0 Å². The Balaban J connectivity index is 1.82. The molecule has 23 heavy (non-hydrogen) atoms. The lowest BCUT2D eigenvalue weighted by Crippen LogP contribution is -1.95. The van der Waals surface area contributed by atoms with E-state index in [0.29, 0.717) is 17.7 Å². The van der Waals surface area contributed by atoms with Gasteiger partial charge in [-0.25, -0.2) is 8.78 Å². The van der Waals surface area contributed by atoms with E-state index in [4.69, 9.17) is 4.74 Å². The monoisotopic (exact) mass is 312 g/mol. The van der Waals surface area contributed by atoms with Gasteiger partial charge >= 0.3 is 0 Å². The van der Waals surface area contributed by atoms with Crippen molar-refractivity contribution in [2.24, 2.45) is 0 Å². The predicted molar refractivity (Wildman–Crippen MR) is 84.2 cm³/mol. The number of aromatic hydroxyl groups is 1. The number of para-hydroxylation sites is 1. The first kappa shape index (κ1) is 15.0. The van der Waals surface area contributed by atoms with Gasteiger partial charge in [0, 0.05) is 0 Å². The van der Waals surface area contributed by atoms with Crippen molar-refractivity contribution >= 4 is 0 Å². The van der Waals surface area contributed by atoms with Gasteiger partial charge in [-0.15, -0.1) is 0 Å². The van der Waals surface area contributed by atoms with E-state index in [-0.39, 0.29) is 0 Å². The van der Waals surface area contributed by atoms with Crippen LogP contribution < -0.4 is 4.74 Å². The quantitative estimate of drug-likeness (QED) is 0.741. The fraction of sp³-hybridized carbons (Fsp3) is 0.0526. The van der Waals surface area contributed by atoms with Gasteiger partial charge in [-0.05, 0) is 47.0 Å². The Morgan fingerprint density at radius 2 is 1.48 bits per heavy atom. The molecule has 0 aliphatic rings. The van der Waals surface area contributed by atoms with E-state index < -0.39 is 17.4 Å². The van der Waals surface area contributed by atoms with Crippen LogP contribution in [-0.2, 0) is 6.61 Å². The van der Waals surface area contributed by atoms with Crippen molar-refractivity contribution < 1.29 is 18.6 Å². The maximum atomic E-state index is 13.5. The third-order valence-corrected chi connectivity index (χ3v) is 3.43. The van der Waals surface area contributed by atoms with Crippen molar-refractivity contribution in [3.8, 4) is 22.6 Å². The second-order valence-electron chi connectivity index (χ2n) is 5.09. The summed E-state index contributed by atoms with van der Waals surface area (Å²) in [6.07, 6.45) is 0. The van der Waals surface area contributed by atoms with Gasteiger partial charge in [0.25, 0.3) is 0 Å². The highest BCUT2D eigenvalue weighted by Gasteiger charge is 2.11. The van der Waals surface area contributed by atoms with E-state index in [1.165, 1.54) is 0 Å². The van der Waals surface area contributed by atoms with Crippen LogP contribution in [0.15, 0.2) is 66.7 Å². The molecule has 2 nitrogen and oxygen atoms in total. The average Bonchev–Trinajstić information content (AvgIpc) is 2.58. The summed E-state index contributed by atoms with van der Waals surface area (Å²) in [5.74, 6) is -2.17. The molecule has 0 amide bonds. The van der Waals surface area contributed by atoms with Crippen LogP contribution >= 0.6 is 0 Å². The highest BCUT2D eigenvalue weighted by atomic mass is 19.1. The summed E-state index contributed by atoms with van der Waals surface area (Å²) in [5, 5.41) is 9.17. The molecule has 0 radical (unpaired) electrons. The summed E-state index contributed by atoms with van der Waals surface area (Å²) < 4.78 is 32.6. The topological polar surface area (TPSA) is 29.5 Å². The van der Waals surface area contributed by atoms with E-state index in [1.54, 1.807) is 18.2 Å². The minimum atomic E-state index is -0.981. The SMILES string of the molecule is Oc1c(F)cc(-c2cccc(COc3ccccc3)c2)cc1F. The van der Waals surface area contributed by atoms with Crippen LogP contribution in [-0.4, -0.2) is 5.11 Å². The van der Waals surface area contributed by atoms with Crippen LogP contribution in [0.2, 0.25) is 0 Å². The summed E-state index contributed by atoms with van der Waals surface area (Å²) >= 11 is 0. The molecule has 0 aliphatic heterocycles. The Morgan fingerprint density at radius 1 is 0.783 bits per heavy atom. The zero-order valence-electron chi connectivity index (χ0n) is 12.2.